The van der Waals surface area contributed by atoms with Crippen LogP contribution in [0.15, 0.2) is 18.2 Å². The van der Waals surface area contributed by atoms with Crippen LogP contribution < -0.4 is 10.6 Å². The number of amides is 3. The van der Waals surface area contributed by atoms with Gasteiger partial charge in [0.15, 0.2) is 6.10 Å². The highest BCUT2D eigenvalue weighted by Gasteiger charge is 2.23. The Kier molecular flexibility index (Phi) is 6.71. The van der Waals surface area contributed by atoms with Gasteiger partial charge in [-0.25, -0.2) is 9.18 Å². The number of hydrogen-bond donors (Lipinski definition) is 2. The number of carbonyl (C=O) groups is 3. The van der Waals surface area contributed by atoms with Crippen LogP contribution in [-0.2, 0) is 20.7 Å². The van der Waals surface area contributed by atoms with E-state index < -0.39 is 41.8 Å². The van der Waals surface area contributed by atoms with Crippen molar-refractivity contribution in [3.63, 3.8) is 0 Å². The summed E-state index contributed by atoms with van der Waals surface area (Å²) in [5.41, 5.74) is -0.534. The molecule has 8 heteroatoms. The lowest BCUT2D eigenvalue weighted by atomic mass is 10.1. The minimum atomic E-state index is -1.21. The highest BCUT2D eigenvalue weighted by atomic mass is 35.5. The number of imide groups is 1. The van der Waals surface area contributed by atoms with Gasteiger partial charge in [-0.3, -0.25) is 14.9 Å². The van der Waals surface area contributed by atoms with E-state index in [0.717, 1.165) is 0 Å². The molecule has 0 aliphatic rings. The maximum atomic E-state index is 13.6. The highest BCUT2D eigenvalue weighted by molar-refractivity contribution is 6.31. The lowest BCUT2D eigenvalue weighted by Gasteiger charge is -2.21. The third kappa shape index (κ3) is 6.54. The molecule has 0 aliphatic heterocycles. The summed E-state index contributed by atoms with van der Waals surface area (Å²) >= 11 is 5.82. The van der Waals surface area contributed by atoms with Gasteiger partial charge < -0.3 is 10.1 Å². The molecule has 1 aromatic carbocycles. The Balaban J connectivity index is 2.57. The zero-order valence-electron chi connectivity index (χ0n) is 13.9. The molecule has 1 unspecified atom stereocenters. The van der Waals surface area contributed by atoms with Crippen LogP contribution in [-0.4, -0.2) is 29.6 Å². The van der Waals surface area contributed by atoms with Crippen LogP contribution in [0.3, 0.4) is 0 Å². The largest absolute Gasteiger partial charge is 0.452 e. The Morgan fingerprint density at radius 2 is 1.92 bits per heavy atom. The SMILES string of the molecule is CC(OC(=O)Cc1c(F)cccc1Cl)C(=O)NC(=O)NC(C)(C)C. The molecule has 1 rings (SSSR count). The molecule has 0 heterocycles. The molecule has 0 spiro atoms. The second-order valence-electron chi connectivity index (χ2n) is 6.20. The normalized spacial score (nSPS) is 12.2. The number of halogens is 2. The van der Waals surface area contributed by atoms with Gasteiger partial charge in [0.2, 0.25) is 0 Å². The molecule has 0 aliphatic carbocycles. The number of carbonyl (C=O) groups excluding carboxylic acids is 3. The first-order valence-electron chi connectivity index (χ1n) is 7.25. The van der Waals surface area contributed by atoms with E-state index in [1.807, 2.05) is 0 Å². The van der Waals surface area contributed by atoms with E-state index in [1.165, 1.54) is 25.1 Å². The molecule has 2 N–H and O–H groups in total. The predicted octanol–water partition coefficient (Wildman–Crippen LogP) is 2.58. The molecule has 1 aromatic rings. The fourth-order valence-corrected chi connectivity index (χ4v) is 1.95. The molecule has 0 aromatic heterocycles. The first kappa shape index (κ1) is 19.9. The van der Waals surface area contributed by atoms with Crippen LogP contribution in [0.1, 0.15) is 33.3 Å². The van der Waals surface area contributed by atoms with E-state index in [0.29, 0.717) is 0 Å². The molecular weight excluding hydrogens is 339 g/mol. The second-order valence-corrected chi connectivity index (χ2v) is 6.61. The van der Waals surface area contributed by atoms with E-state index >= 15 is 0 Å². The molecule has 1 atom stereocenters. The van der Waals surface area contributed by atoms with Gasteiger partial charge in [0.25, 0.3) is 5.91 Å². The smallest absolute Gasteiger partial charge is 0.321 e. The maximum Gasteiger partial charge on any atom is 0.321 e. The van der Waals surface area contributed by atoms with E-state index in [-0.39, 0.29) is 10.6 Å². The van der Waals surface area contributed by atoms with Crippen molar-refractivity contribution in [3.8, 4) is 0 Å². The molecular formula is C16H20ClFN2O4. The van der Waals surface area contributed by atoms with E-state index in [9.17, 15) is 18.8 Å². The Hall–Kier alpha value is -2.15. The minimum absolute atomic E-state index is 0.0118. The van der Waals surface area contributed by atoms with Gasteiger partial charge in [-0.15, -0.1) is 0 Å². The molecule has 0 saturated carbocycles. The van der Waals surface area contributed by atoms with Crippen molar-refractivity contribution in [2.45, 2.75) is 45.8 Å². The molecule has 132 valence electrons. The summed E-state index contributed by atoms with van der Waals surface area (Å²) in [6, 6.07) is 3.32. The van der Waals surface area contributed by atoms with Crippen molar-refractivity contribution in [1.29, 1.82) is 0 Å². The molecule has 6 nitrogen and oxygen atoms in total. The molecule has 0 saturated heterocycles. The summed E-state index contributed by atoms with van der Waals surface area (Å²) in [6.07, 6.45) is -1.63. The third-order valence-corrected chi connectivity index (χ3v) is 3.14. The number of ether oxygens (including phenoxy) is 1. The van der Waals surface area contributed by atoms with Gasteiger partial charge in [0.05, 0.1) is 6.42 Å². The van der Waals surface area contributed by atoms with Gasteiger partial charge >= 0.3 is 12.0 Å². The Morgan fingerprint density at radius 1 is 1.29 bits per heavy atom. The van der Waals surface area contributed by atoms with Crippen molar-refractivity contribution in [3.05, 3.63) is 34.6 Å². The zero-order valence-corrected chi connectivity index (χ0v) is 14.7. The average Bonchev–Trinajstić information content (AvgIpc) is 2.40. The van der Waals surface area contributed by atoms with Crippen LogP contribution in [0.4, 0.5) is 9.18 Å². The van der Waals surface area contributed by atoms with E-state index in [4.69, 9.17) is 16.3 Å². The highest BCUT2D eigenvalue weighted by Crippen LogP contribution is 2.19. The Bertz CT molecular complexity index is 623. The fourth-order valence-electron chi connectivity index (χ4n) is 1.72. The molecule has 3 amide bonds. The Labute approximate surface area is 144 Å². The van der Waals surface area contributed by atoms with Crippen LogP contribution in [0.2, 0.25) is 5.02 Å². The molecule has 0 fully saturated rings. The molecule has 0 bridgehead atoms. The number of benzene rings is 1. The number of hydrogen-bond acceptors (Lipinski definition) is 4. The third-order valence-electron chi connectivity index (χ3n) is 2.79. The van der Waals surface area contributed by atoms with Gasteiger partial charge in [-0.1, -0.05) is 17.7 Å². The summed E-state index contributed by atoms with van der Waals surface area (Å²) in [6.45, 7) is 6.55. The summed E-state index contributed by atoms with van der Waals surface area (Å²) < 4.78 is 18.5. The van der Waals surface area contributed by atoms with Crippen molar-refractivity contribution in [1.82, 2.24) is 10.6 Å². The average molecular weight is 359 g/mol. The summed E-state index contributed by atoms with van der Waals surface area (Å²) in [5.74, 6) is -2.26. The minimum Gasteiger partial charge on any atom is -0.452 e. The van der Waals surface area contributed by atoms with E-state index in [2.05, 4.69) is 10.6 Å². The van der Waals surface area contributed by atoms with Crippen LogP contribution in [0, 0.1) is 5.82 Å². The van der Waals surface area contributed by atoms with Crippen LogP contribution >= 0.6 is 11.6 Å². The van der Waals surface area contributed by atoms with Gasteiger partial charge in [0.1, 0.15) is 5.82 Å². The second kappa shape index (κ2) is 8.10. The number of urea groups is 1. The van der Waals surface area contributed by atoms with Crippen LogP contribution in [0.5, 0.6) is 0 Å². The van der Waals surface area contributed by atoms with Crippen molar-refractivity contribution < 1.29 is 23.5 Å². The first-order valence-corrected chi connectivity index (χ1v) is 7.63. The number of rotatable bonds is 4. The van der Waals surface area contributed by atoms with Gasteiger partial charge in [0, 0.05) is 16.1 Å². The Morgan fingerprint density at radius 3 is 2.46 bits per heavy atom. The number of esters is 1. The summed E-state index contributed by atoms with van der Waals surface area (Å²) in [5, 5.41) is 4.69. The fraction of sp³-hybridized carbons (Fsp3) is 0.438. The summed E-state index contributed by atoms with van der Waals surface area (Å²) in [7, 11) is 0. The first-order chi connectivity index (χ1) is 11.0. The monoisotopic (exact) mass is 358 g/mol. The van der Waals surface area contributed by atoms with Crippen molar-refractivity contribution in [2.24, 2.45) is 0 Å². The lowest BCUT2D eigenvalue weighted by molar-refractivity contribution is -0.153. The summed E-state index contributed by atoms with van der Waals surface area (Å²) in [4.78, 5) is 35.2. The van der Waals surface area contributed by atoms with Crippen molar-refractivity contribution >= 4 is 29.5 Å². The standard InChI is InChI=1S/C16H20ClFN2O4/c1-9(14(22)19-15(23)20-16(2,3)4)24-13(21)8-10-11(17)6-5-7-12(10)18/h5-7,9H,8H2,1-4H3,(H2,19,20,22,23). The number of nitrogens with one attached hydrogen (secondary N) is 2. The van der Waals surface area contributed by atoms with Gasteiger partial charge in [-0.2, -0.15) is 0 Å². The molecule has 0 radical (unpaired) electrons. The topological polar surface area (TPSA) is 84.5 Å². The van der Waals surface area contributed by atoms with Crippen molar-refractivity contribution in [2.75, 3.05) is 0 Å². The quantitative estimate of drug-likeness (QED) is 0.810. The zero-order chi connectivity index (χ0) is 18.5. The predicted molar refractivity (Wildman–Crippen MR) is 87.1 cm³/mol. The van der Waals surface area contributed by atoms with Gasteiger partial charge in [-0.05, 0) is 39.8 Å². The lowest BCUT2D eigenvalue weighted by Crippen LogP contribution is -2.50. The molecule has 24 heavy (non-hydrogen) atoms. The maximum absolute atomic E-state index is 13.6. The van der Waals surface area contributed by atoms with Crippen LogP contribution in [0.25, 0.3) is 0 Å². The van der Waals surface area contributed by atoms with E-state index in [1.54, 1.807) is 20.8 Å².